The van der Waals surface area contributed by atoms with Crippen molar-refractivity contribution >= 4 is 12.0 Å². The summed E-state index contributed by atoms with van der Waals surface area (Å²) in [7, 11) is 0. The van der Waals surface area contributed by atoms with Crippen molar-refractivity contribution in [2.24, 2.45) is 0 Å². The lowest BCUT2D eigenvalue weighted by atomic mass is 10.1. The van der Waals surface area contributed by atoms with Gasteiger partial charge in [0.05, 0.1) is 6.04 Å². The third-order valence-corrected chi connectivity index (χ3v) is 5.40. The molecule has 156 valence electrons. The highest BCUT2D eigenvalue weighted by molar-refractivity contribution is 6.02. The first-order valence-corrected chi connectivity index (χ1v) is 10.0. The lowest BCUT2D eigenvalue weighted by molar-refractivity contribution is -0.117. The second kappa shape index (κ2) is 8.41. The van der Waals surface area contributed by atoms with Gasteiger partial charge in [-0.3, -0.25) is 4.79 Å². The van der Waals surface area contributed by atoms with Gasteiger partial charge in [-0.2, -0.15) is 5.26 Å². The summed E-state index contributed by atoms with van der Waals surface area (Å²) in [6.45, 7) is 6.06. The van der Waals surface area contributed by atoms with Crippen molar-refractivity contribution in [1.82, 2.24) is 9.88 Å². The number of nitrogens with one attached hydrogen (secondary N) is 1. The fourth-order valence-corrected chi connectivity index (χ4v) is 3.76. The Labute approximate surface area is 181 Å². The van der Waals surface area contributed by atoms with Crippen molar-refractivity contribution in [3.63, 3.8) is 0 Å². The number of nitriles is 1. The van der Waals surface area contributed by atoms with E-state index in [1.54, 1.807) is 6.08 Å². The van der Waals surface area contributed by atoms with Crippen molar-refractivity contribution in [3.8, 4) is 23.3 Å². The maximum Gasteiger partial charge on any atom is 0.262 e. The summed E-state index contributed by atoms with van der Waals surface area (Å²) in [5.41, 5.74) is 4.70. The Morgan fingerprint density at radius 2 is 1.87 bits per heavy atom. The molecule has 2 aromatic carbocycles. The summed E-state index contributed by atoms with van der Waals surface area (Å²) in [6, 6.07) is 19.2. The Balaban J connectivity index is 1.61. The molecule has 1 N–H and O–H groups in total. The number of benzene rings is 2. The second-order valence-corrected chi connectivity index (χ2v) is 7.48. The lowest BCUT2D eigenvalue weighted by Crippen LogP contribution is -2.27. The summed E-state index contributed by atoms with van der Waals surface area (Å²) in [5, 5.41) is 12.5. The average Bonchev–Trinajstić information content (AvgIpc) is 3.35. The molecule has 6 heteroatoms. The predicted octanol–water partition coefficient (Wildman–Crippen LogP) is 4.61. The van der Waals surface area contributed by atoms with Crippen LogP contribution in [0.5, 0.6) is 11.5 Å². The molecule has 31 heavy (non-hydrogen) atoms. The highest BCUT2D eigenvalue weighted by Crippen LogP contribution is 2.35. The van der Waals surface area contributed by atoms with Crippen LogP contribution in [0.15, 0.2) is 60.2 Å². The molecule has 1 aliphatic heterocycles. The standard InChI is InChI=1S/C25H23N3O3/c1-16-11-20(18(3)28(16)22-9-10-23-24(13-22)31-15-30-23)12-21(14-26)25(29)27-17(2)19-7-5-4-6-8-19/h4-13,17H,15H2,1-3H3,(H,27,29)/b21-12-/t17-/m1/s1. The number of amides is 1. The molecule has 0 saturated carbocycles. The third-order valence-electron chi connectivity index (χ3n) is 5.40. The van der Waals surface area contributed by atoms with E-state index in [2.05, 4.69) is 9.88 Å². The zero-order chi connectivity index (χ0) is 22.0. The molecule has 0 spiro atoms. The minimum atomic E-state index is -0.397. The van der Waals surface area contributed by atoms with E-state index in [4.69, 9.17) is 9.47 Å². The van der Waals surface area contributed by atoms with E-state index in [1.165, 1.54) is 0 Å². The number of ether oxygens (including phenoxy) is 2. The van der Waals surface area contributed by atoms with E-state index >= 15 is 0 Å². The first kappa shape index (κ1) is 20.3. The number of nitrogens with zero attached hydrogens (tertiary/aromatic N) is 2. The van der Waals surface area contributed by atoms with Crippen molar-refractivity contribution in [2.45, 2.75) is 26.8 Å². The van der Waals surface area contributed by atoms with Gasteiger partial charge in [0, 0.05) is 23.1 Å². The number of hydrogen-bond donors (Lipinski definition) is 1. The van der Waals surface area contributed by atoms with Gasteiger partial charge in [-0.25, -0.2) is 0 Å². The van der Waals surface area contributed by atoms with Crippen LogP contribution in [0.3, 0.4) is 0 Å². The highest BCUT2D eigenvalue weighted by atomic mass is 16.7. The largest absolute Gasteiger partial charge is 0.454 e. The molecule has 0 bridgehead atoms. The molecule has 1 aliphatic rings. The zero-order valence-corrected chi connectivity index (χ0v) is 17.7. The molecular weight excluding hydrogens is 390 g/mol. The molecule has 0 fully saturated rings. The molecule has 0 aliphatic carbocycles. The molecule has 0 radical (unpaired) electrons. The van der Waals surface area contributed by atoms with Crippen LogP contribution in [0.4, 0.5) is 0 Å². The minimum Gasteiger partial charge on any atom is -0.454 e. The van der Waals surface area contributed by atoms with Gasteiger partial charge in [0.25, 0.3) is 5.91 Å². The smallest absolute Gasteiger partial charge is 0.262 e. The topological polar surface area (TPSA) is 76.3 Å². The molecule has 0 unspecified atom stereocenters. The Hall–Kier alpha value is -3.98. The number of hydrogen-bond acceptors (Lipinski definition) is 4. The number of aryl methyl sites for hydroxylation is 1. The summed E-state index contributed by atoms with van der Waals surface area (Å²) in [5.74, 6) is 1.03. The number of carbonyl (C=O) groups excluding carboxylic acids is 1. The average molecular weight is 413 g/mol. The molecular formula is C25H23N3O3. The monoisotopic (exact) mass is 413 g/mol. The minimum absolute atomic E-state index is 0.0636. The van der Waals surface area contributed by atoms with Gasteiger partial charge in [0.2, 0.25) is 6.79 Å². The first-order chi connectivity index (χ1) is 15.0. The highest BCUT2D eigenvalue weighted by Gasteiger charge is 2.18. The molecule has 4 rings (SSSR count). The van der Waals surface area contributed by atoms with Gasteiger partial charge < -0.3 is 19.4 Å². The van der Waals surface area contributed by atoms with E-state index in [0.717, 1.165) is 34.0 Å². The van der Waals surface area contributed by atoms with Gasteiger partial charge >= 0.3 is 0 Å². The van der Waals surface area contributed by atoms with Crippen molar-refractivity contribution in [2.75, 3.05) is 6.79 Å². The van der Waals surface area contributed by atoms with Gasteiger partial charge in [0.15, 0.2) is 11.5 Å². The molecule has 3 aromatic rings. The van der Waals surface area contributed by atoms with E-state index < -0.39 is 5.91 Å². The summed E-state index contributed by atoms with van der Waals surface area (Å²) >= 11 is 0. The van der Waals surface area contributed by atoms with Gasteiger partial charge in [-0.15, -0.1) is 0 Å². The van der Waals surface area contributed by atoms with Gasteiger partial charge in [-0.1, -0.05) is 30.3 Å². The molecule has 1 atom stereocenters. The summed E-state index contributed by atoms with van der Waals surface area (Å²) in [4.78, 5) is 12.7. The fraction of sp³-hybridized carbons (Fsp3) is 0.200. The van der Waals surface area contributed by atoms with Crippen LogP contribution >= 0.6 is 0 Å². The van der Waals surface area contributed by atoms with Gasteiger partial charge in [0.1, 0.15) is 11.6 Å². The van der Waals surface area contributed by atoms with E-state index in [9.17, 15) is 10.1 Å². The third kappa shape index (κ3) is 4.03. The Bertz CT molecular complexity index is 1200. The number of fused-ring (bicyclic) bond motifs is 1. The molecule has 2 heterocycles. The summed E-state index contributed by atoms with van der Waals surface area (Å²) in [6.07, 6.45) is 1.64. The van der Waals surface area contributed by atoms with E-state index in [-0.39, 0.29) is 18.4 Å². The van der Waals surface area contributed by atoms with Crippen molar-refractivity contribution in [3.05, 3.63) is 82.7 Å². The van der Waals surface area contributed by atoms with Gasteiger partial charge in [-0.05, 0) is 56.2 Å². The Morgan fingerprint density at radius 3 is 2.61 bits per heavy atom. The number of carbonyl (C=O) groups is 1. The van der Waals surface area contributed by atoms with Crippen LogP contribution in [-0.2, 0) is 4.79 Å². The first-order valence-electron chi connectivity index (χ1n) is 10.0. The Kier molecular flexibility index (Phi) is 5.50. The van der Waals surface area contributed by atoms with E-state index in [1.807, 2.05) is 81.4 Å². The number of aromatic nitrogens is 1. The zero-order valence-electron chi connectivity index (χ0n) is 17.7. The maximum atomic E-state index is 12.7. The van der Waals surface area contributed by atoms with Crippen molar-refractivity contribution in [1.29, 1.82) is 5.26 Å². The SMILES string of the molecule is Cc1cc(/C=C(/C#N)C(=O)N[C@H](C)c2ccccc2)c(C)n1-c1ccc2c(c1)OCO2. The second-order valence-electron chi connectivity index (χ2n) is 7.48. The number of rotatable bonds is 5. The maximum absolute atomic E-state index is 12.7. The molecule has 0 saturated heterocycles. The predicted molar refractivity (Wildman–Crippen MR) is 118 cm³/mol. The van der Waals surface area contributed by atoms with Crippen LogP contribution in [0.2, 0.25) is 0 Å². The molecule has 1 amide bonds. The molecule has 6 nitrogen and oxygen atoms in total. The van der Waals surface area contributed by atoms with Crippen LogP contribution in [0.25, 0.3) is 11.8 Å². The Morgan fingerprint density at radius 1 is 1.13 bits per heavy atom. The van der Waals surface area contributed by atoms with E-state index in [0.29, 0.717) is 5.75 Å². The normalized spacial score (nSPS) is 13.5. The van der Waals surface area contributed by atoms with Crippen molar-refractivity contribution < 1.29 is 14.3 Å². The fourth-order valence-electron chi connectivity index (χ4n) is 3.76. The lowest BCUT2D eigenvalue weighted by Gasteiger charge is -2.13. The summed E-state index contributed by atoms with van der Waals surface area (Å²) < 4.78 is 12.9. The van der Waals surface area contributed by atoms with Crippen LogP contribution < -0.4 is 14.8 Å². The quantitative estimate of drug-likeness (QED) is 0.490. The van der Waals surface area contributed by atoms with Crippen LogP contribution in [0, 0.1) is 25.2 Å². The van der Waals surface area contributed by atoms with Crippen LogP contribution in [-0.4, -0.2) is 17.3 Å². The van der Waals surface area contributed by atoms with Crippen LogP contribution in [0.1, 0.15) is 35.5 Å². The molecule has 1 aromatic heterocycles.